The third-order valence-electron chi connectivity index (χ3n) is 2.46. The number of rotatable bonds is 3. The molecule has 5 heteroatoms. The molecule has 0 radical (unpaired) electrons. The van der Waals surface area contributed by atoms with Crippen LogP contribution in [-0.2, 0) is 0 Å². The van der Waals surface area contributed by atoms with Gasteiger partial charge in [-0.25, -0.2) is 4.79 Å². The number of anilines is 2. The lowest BCUT2D eigenvalue weighted by Gasteiger charge is -2.19. The van der Waals surface area contributed by atoms with E-state index in [4.69, 9.17) is 11.0 Å². The fraction of sp³-hybridized carbons (Fsp3) is 0.333. The van der Waals surface area contributed by atoms with E-state index < -0.39 is 0 Å². The summed E-state index contributed by atoms with van der Waals surface area (Å²) in [5.74, 6) is 0. The molecule has 0 unspecified atom stereocenters. The fourth-order valence-corrected chi connectivity index (χ4v) is 1.47. The normalized spacial score (nSPS) is 9.47. The van der Waals surface area contributed by atoms with Crippen LogP contribution >= 0.6 is 0 Å². The van der Waals surface area contributed by atoms with Gasteiger partial charge >= 0.3 is 6.03 Å². The zero-order valence-electron chi connectivity index (χ0n) is 10.0. The highest BCUT2D eigenvalue weighted by molar-refractivity contribution is 5.91. The SMILES string of the molecule is CCN(CC)C(=O)Nc1ccc(N)cc1C#N. The molecule has 0 atom stereocenters. The maximum Gasteiger partial charge on any atom is 0.321 e. The summed E-state index contributed by atoms with van der Waals surface area (Å²) in [5.41, 5.74) is 6.93. The van der Waals surface area contributed by atoms with Crippen LogP contribution in [0.3, 0.4) is 0 Å². The molecule has 1 rings (SSSR count). The number of nitriles is 1. The maximum absolute atomic E-state index is 11.8. The van der Waals surface area contributed by atoms with Crippen molar-refractivity contribution in [2.24, 2.45) is 0 Å². The van der Waals surface area contributed by atoms with Crippen molar-refractivity contribution in [3.8, 4) is 6.07 Å². The van der Waals surface area contributed by atoms with Crippen LogP contribution in [0.5, 0.6) is 0 Å². The van der Waals surface area contributed by atoms with Gasteiger partial charge in [-0.05, 0) is 32.0 Å². The molecule has 17 heavy (non-hydrogen) atoms. The Labute approximate surface area is 101 Å². The number of nitrogens with zero attached hydrogens (tertiary/aromatic N) is 2. The van der Waals surface area contributed by atoms with E-state index in [1.54, 1.807) is 17.0 Å². The molecular formula is C12H16N4O. The molecule has 1 aromatic carbocycles. The second-order valence-electron chi connectivity index (χ2n) is 3.52. The van der Waals surface area contributed by atoms with Crippen LogP contribution in [0.4, 0.5) is 16.2 Å². The summed E-state index contributed by atoms with van der Waals surface area (Å²) < 4.78 is 0. The summed E-state index contributed by atoms with van der Waals surface area (Å²) in [6.07, 6.45) is 0. The van der Waals surface area contributed by atoms with E-state index >= 15 is 0 Å². The lowest BCUT2D eigenvalue weighted by Crippen LogP contribution is -2.34. The van der Waals surface area contributed by atoms with Gasteiger partial charge in [0.15, 0.2) is 0 Å². The van der Waals surface area contributed by atoms with Crippen molar-refractivity contribution in [3.63, 3.8) is 0 Å². The van der Waals surface area contributed by atoms with Gasteiger partial charge in [0.05, 0.1) is 11.3 Å². The highest BCUT2D eigenvalue weighted by Gasteiger charge is 2.11. The van der Waals surface area contributed by atoms with Crippen molar-refractivity contribution in [1.82, 2.24) is 4.90 Å². The van der Waals surface area contributed by atoms with Gasteiger partial charge in [0.25, 0.3) is 0 Å². The smallest absolute Gasteiger partial charge is 0.321 e. The number of urea groups is 1. The molecule has 0 heterocycles. The first kappa shape index (κ1) is 12.8. The molecule has 1 aromatic rings. The van der Waals surface area contributed by atoms with Gasteiger partial charge in [-0.1, -0.05) is 0 Å². The van der Waals surface area contributed by atoms with E-state index in [9.17, 15) is 4.79 Å². The maximum atomic E-state index is 11.8. The number of hydrogen-bond donors (Lipinski definition) is 2. The highest BCUT2D eigenvalue weighted by Crippen LogP contribution is 2.18. The number of hydrogen-bond acceptors (Lipinski definition) is 3. The molecule has 0 saturated carbocycles. The molecule has 0 spiro atoms. The Hall–Kier alpha value is -2.22. The van der Waals surface area contributed by atoms with Gasteiger partial charge in [0, 0.05) is 18.8 Å². The minimum Gasteiger partial charge on any atom is -0.399 e. The average molecular weight is 232 g/mol. The highest BCUT2D eigenvalue weighted by atomic mass is 16.2. The molecule has 0 aliphatic rings. The first-order valence-electron chi connectivity index (χ1n) is 5.47. The van der Waals surface area contributed by atoms with E-state index in [1.165, 1.54) is 6.07 Å². The summed E-state index contributed by atoms with van der Waals surface area (Å²) >= 11 is 0. The molecule has 5 nitrogen and oxygen atoms in total. The monoisotopic (exact) mass is 232 g/mol. The Bertz CT molecular complexity index is 446. The van der Waals surface area contributed by atoms with Crippen LogP contribution in [-0.4, -0.2) is 24.0 Å². The van der Waals surface area contributed by atoms with Crippen LogP contribution in [0.25, 0.3) is 0 Å². The number of nitrogens with two attached hydrogens (primary N) is 1. The molecule has 2 amide bonds. The molecule has 0 aliphatic carbocycles. The standard InChI is InChI=1S/C12H16N4O/c1-3-16(4-2)12(17)15-11-6-5-10(14)7-9(11)8-13/h5-7H,3-4,14H2,1-2H3,(H,15,17). The van der Waals surface area contributed by atoms with E-state index in [0.717, 1.165) is 0 Å². The molecule has 0 saturated heterocycles. The summed E-state index contributed by atoms with van der Waals surface area (Å²) in [5, 5.41) is 11.6. The minimum atomic E-state index is -0.212. The van der Waals surface area contributed by atoms with Gasteiger partial charge in [0.2, 0.25) is 0 Å². The summed E-state index contributed by atoms with van der Waals surface area (Å²) in [4.78, 5) is 13.4. The van der Waals surface area contributed by atoms with Gasteiger partial charge in [-0.2, -0.15) is 5.26 Å². The second-order valence-corrected chi connectivity index (χ2v) is 3.52. The Morgan fingerprint density at radius 1 is 1.47 bits per heavy atom. The Morgan fingerprint density at radius 2 is 2.12 bits per heavy atom. The van der Waals surface area contributed by atoms with Crippen molar-refractivity contribution >= 4 is 17.4 Å². The van der Waals surface area contributed by atoms with Crippen molar-refractivity contribution in [1.29, 1.82) is 5.26 Å². The largest absolute Gasteiger partial charge is 0.399 e. The molecule has 0 aliphatic heterocycles. The van der Waals surface area contributed by atoms with Crippen LogP contribution in [0, 0.1) is 11.3 Å². The Morgan fingerprint density at radius 3 is 2.65 bits per heavy atom. The number of nitrogens with one attached hydrogen (secondary N) is 1. The zero-order chi connectivity index (χ0) is 12.8. The number of nitrogen functional groups attached to an aromatic ring is 1. The van der Waals surface area contributed by atoms with Crippen molar-refractivity contribution in [3.05, 3.63) is 23.8 Å². The van der Waals surface area contributed by atoms with Crippen LogP contribution in [0.15, 0.2) is 18.2 Å². The minimum absolute atomic E-state index is 0.212. The quantitative estimate of drug-likeness (QED) is 0.782. The van der Waals surface area contributed by atoms with Gasteiger partial charge in [0.1, 0.15) is 6.07 Å². The van der Waals surface area contributed by atoms with E-state index in [0.29, 0.717) is 30.0 Å². The van der Waals surface area contributed by atoms with Crippen molar-refractivity contribution in [2.75, 3.05) is 24.1 Å². The topological polar surface area (TPSA) is 82.2 Å². The summed E-state index contributed by atoms with van der Waals surface area (Å²) in [6, 6.07) is 6.62. The van der Waals surface area contributed by atoms with Gasteiger partial charge in [-0.3, -0.25) is 0 Å². The summed E-state index contributed by atoms with van der Waals surface area (Å²) in [6.45, 7) is 5.05. The van der Waals surface area contributed by atoms with Crippen LogP contribution in [0.2, 0.25) is 0 Å². The third-order valence-corrected chi connectivity index (χ3v) is 2.46. The Kier molecular flexibility index (Phi) is 4.35. The predicted molar refractivity (Wildman–Crippen MR) is 67.5 cm³/mol. The molecule has 0 fully saturated rings. The number of carbonyl (C=O) groups excluding carboxylic acids is 1. The lowest BCUT2D eigenvalue weighted by atomic mass is 10.2. The van der Waals surface area contributed by atoms with Crippen molar-refractivity contribution in [2.45, 2.75) is 13.8 Å². The van der Waals surface area contributed by atoms with E-state index in [-0.39, 0.29) is 6.03 Å². The first-order chi connectivity index (χ1) is 8.12. The average Bonchev–Trinajstić information content (AvgIpc) is 2.33. The Balaban J connectivity index is 2.89. The van der Waals surface area contributed by atoms with Crippen LogP contribution < -0.4 is 11.1 Å². The lowest BCUT2D eigenvalue weighted by molar-refractivity contribution is 0.217. The predicted octanol–water partition coefficient (Wildman–Crippen LogP) is 2.01. The molecule has 90 valence electrons. The number of carbonyl (C=O) groups is 1. The molecule has 0 aromatic heterocycles. The van der Waals surface area contributed by atoms with Gasteiger partial charge < -0.3 is 16.0 Å². The fourth-order valence-electron chi connectivity index (χ4n) is 1.47. The summed E-state index contributed by atoms with van der Waals surface area (Å²) in [7, 11) is 0. The third kappa shape index (κ3) is 3.11. The van der Waals surface area contributed by atoms with Crippen LogP contribution in [0.1, 0.15) is 19.4 Å². The number of benzene rings is 1. The second kappa shape index (κ2) is 5.75. The van der Waals surface area contributed by atoms with Gasteiger partial charge in [-0.15, -0.1) is 0 Å². The van der Waals surface area contributed by atoms with Crippen molar-refractivity contribution < 1.29 is 4.79 Å². The molecular weight excluding hydrogens is 216 g/mol. The van der Waals surface area contributed by atoms with E-state index in [1.807, 2.05) is 19.9 Å². The molecule has 0 bridgehead atoms. The first-order valence-corrected chi connectivity index (χ1v) is 5.47. The zero-order valence-corrected chi connectivity index (χ0v) is 10.0. The molecule has 3 N–H and O–H groups in total. The van der Waals surface area contributed by atoms with E-state index in [2.05, 4.69) is 5.32 Å². The number of amides is 2.